The summed E-state index contributed by atoms with van der Waals surface area (Å²) in [6, 6.07) is 94.7. The van der Waals surface area contributed by atoms with Crippen LogP contribution in [0.5, 0.6) is 0 Å². The second-order valence-corrected chi connectivity index (χ2v) is 16.1. The van der Waals surface area contributed by atoms with Gasteiger partial charge in [0.1, 0.15) is 0 Å². The maximum Gasteiger partial charge on any atom is 0.0467 e. The van der Waals surface area contributed by atoms with Crippen LogP contribution in [0.4, 0.5) is 17.1 Å². The molecule has 0 aromatic heterocycles. The van der Waals surface area contributed by atoms with Gasteiger partial charge in [-0.25, -0.2) is 0 Å². The molecule has 11 aromatic carbocycles. The fourth-order valence-corrected chi connectivity index (χ4v) is 9.20. The summed E-state index contributed by atoms with van der Waals surface area (Å²) < 4.78 is 0. The monoisotopic (exact) mass is 801 g/mol. The third-order valence-corrected chi connectivity index (χ3v) is 12.2. The van der Waals surface area contributed by atoms with Gasteiger partial charge in [0.15, 0.2) is 0 Å². The molecule has 0 spiro atoms. The summed E-state index contributed by atoms with van der Waals surface area (Å²) in [5.41, 5.74) is 17.6. The van der Waals surface area contributed by atoms with E-state index in [2.05, 4.69) is 266 Å². The van der Waals surface area contributed by atoms with Gasteiger partial charge in [-0.1, -0.05) is 206 Å². The normalized spacial score (nSPS) is 11.2. The molecule has 1 nitrogen and oxygen atoms in total. The highest BCUT2D eigenvalue weighted by molar-refractivity contribution is 6.13. The van der Waals surface area contributed by atoms with Gasteiger partial charge >= 0.3 is 0 Å². The average molecular weight is 802 g/mol. The van der Waals surface area contributed by atoms with E-state index in [4.69, 9.17) is 0 Å². The molecule has 1 heteroatoms. The molecule has 0 saturated heterocycles. The lowest BCUT2D eigenvalue weighted by atomic mass is 9.84. The van der Waals surface area contributed by atoms with Crippen molar-refractivity contribution in [2.45, 2.75) is 0 Å². The van der Waals surface area contributed by atoms with Gasteiger partial charge in [-0.15, -0.1) is 0 Å². The van der Waals surface area contributed by atoms with E-state index in [0.717, 1.165) is 22.6 Å². The highest BCUT2D eigenvalue weighted by Gasteiger charge is 2.20. The zero-order valence-corrected chi connectivity index (χ0v) is 34.8. The van der Waals surface area contributed by atoms with E-state index in [1.165, 1.54) is 82.7 Å². The van der Waals surface area contributed by atoms with E-state index in [1.54, 1.807) is 0 Å². The molecule has 0 atom stereocenters. The molecule has 0 heterocycles. The van der Waals surface area contributed by atoms with Crippen molar-refractivity contribution in [1.29, 1.82) is 0 Å². The van der Waals surface area contributed by atoms with Crippen molar-refractivity contribution in [3.05, 3.63) is 261 Å². The Morgan fingerprint density at radius 1 is 0.206 bits per heavy atom. The van der Waals surface area contributed by atoms with Gasteiger partial charge in [-0.3, -0.25) is 0 Å². The topological polar surface area (TPSA) is 3.24 Å². The zero-order chi connectivity index (χ0) is 42.0. The number of hydrogen-bond acceptors (Lipinski definition) is 1. The number of rotatable bonds is 9. The highest BCUT2D eigenvalue weighted by Crippen LogP contribution is 2.46. The number of nitrogens with zero attached hydrogens (tertiary/aromatic N) is 1. The molecule has 0 saturated carbocycles. The summed E-state index contributed by atoms with van der Waals surface area (Å²) in [5, 5.41) is 5.06. The minimum atomic E-state index is 1.08. The van der Waals surface area contributed by atoms with Crippen molar-refractivity contribution in [2.75, 3.05) is 4.90 Å². The minimum absolute atomic E-state index is 1.08. The predicted octanol–water partition coefficient (Wildman–Crippen LogP) is 17.5. The van der Waals surface area contributed by atoms with Crippen LogP contribution in [0.3, 0.4) is 0 Å². The van der Waals surface area contributed by atoms with E-state index in [9.17, 15) is 0 Å². The summed E-state index contributed by atoms with van der Waals surface area (Å²) in [5.74, 6) is 0. The molecule has 0 bridgehead atoms. The molecule has 0 fully saturated rings. The van der Waals surface area contributed by atoms with Gasteiger partial charge in [0.2, 0.25) is 0 Å². The van der Waals surface area contributed by atoms with Crippen molar-refractivity contribution < 1.29 is 0 Å². The van der Waals surface area contributed by atoms with E-state index in [-0.39, 0.29) is 0 Å². The molecule has 0 N–H and O–H groups in total. The van der Waals surface area contributed by atoms with Gasteiger partial charge in [0.05, 0.1) is 0 Å². The second kappa shape index (κ2) is 16.7. The van der Waals surface area contributed by atoms with Crippen molar-refractivity contribution in [3.63, 3.8) is 0 Å². The molecule has 0 aliphatic rings. The SMILES string of the molecule is c1ccc(-c2ccc(-c3cc(-c4ccccc4)c(-c4cccc(N(c5ccccc5)c5ccc(-c6cc7ccccc7c7ccccc67)cc5)c4)c(-c4ccccc4)c3)cc2)cc1. The maximum absolute atomic E-state index is 2.38. The summed E-state index contributed by atoms with van der Waals surface area (Å²) in [7, 11) is 0. The van der Waals surface area contributed by atoms with E-state index >= 15 is 0 Å². The maximum atomic E-state index is 2.38. The van der Waals surface area contributed by atoms with Crippen LogP contribution < -0.4 is 4.90 Å². The minimum Gasteiger partial charge on any atom is -0.310 e. The molecule has 0 amide bonds. The number of hydrogen-bond donors (Lipinski definition) is 0. The number of fused-ring (bicyclic) bond motifs is 3. The predicted molar refractivity (Wildman–Crippen MR) is 269 cm³/mol. The molecular formula is C62H43N. The Bertz CT molecular complexity index is 3280. The van der Waals surface area contributed by atoms with Crippen LogP contribution in [0.15, 0.2) is 261 Å². The molecule has 0 aliphatic heterocycles. The Kier molecular flexibility index (Phi) is 9.97. The summed E-state index contributed by atoms with van der Waals surface area (Å²) in [6.45, 7) is 0. The Hall–Kier alpha value is -8.26. The Labute approximate surface area is 369 Å². The molecule has 63 heavy (non-hydrogen) atoms. The molecule has 296 valence electrons. The molecule has 11 aromatic rings. The van der Waals surface area contributed by atoms with Gasteiger partial charge in [0, 0.05) is 17.1 Å². The van der Waals surface area contributed by atoms with Crippen LogP contribution in [0.2, 0.25) is 0 Å². The van der Waals surface area contributed by atoms with Crippen LogP contribution in [0.1, 0.15) is 0 Å². The molecular weight excluding hydrogens is 759 g/mol. The summed E-state index contributed by atoms with van der Waals surface area (Å²) >= 11 is 0. The lowest BCUT2D eigenvalue weighted by molar-refractivity contribution is 1.28. The molecule has 11 rings (SSSR count). The Morgan fingerprint density at radius 3 is 1.24 bits per heavy atom. The summed E-state index contributed by atoms with van der Waals surface area (Å²) in [6.07, 6.45) is 0. The van der Waals surface area contributed by atoms with Crippen LogP contribution in [-0.2, 0) is 0 Å². The summed E-state index contributed by atoms with van der Waals surface area (Å²) in [4.78, 5) is 2.37. The first-order valence-corrected chi connectivity index (χ1v) is 21.7. The Balaban J connectivity index is 1.06. The molecule has 0 unspecified atom stereocenters. The zero-order valence-electron chi connectivity index (χ0n) is 34.8. The van der Waals surface area contributed by atoms with Crippen molar-refractivity contribution in [2.24, 2.45) is 0 Å². The van der Waals surface area contributed by atoms with Gasteiger partial charge in [0.25, 0.3) is 0 Å². The fraction of sp³-hybridized carbons (Fsp3) is 0. The standard InChI is InChI=1S/C62H43N/c1-5-18-44(19-6-1)45-32-34-46(35-33-45)52-42-60(47-20-7-2-8-21-47)62(61(43-52)48-22-9-3-10-23-48)51-25-17-28-55(40-51)63(53-26-11-4-12-27-53)54-38-36-49(37-39-54)59-41-50-24-13-14-29-56(50)57-30-15-16-31-58(57)59/h1-43H. The van der Waals surface area contributed by atoms with Crippen LogP contribution in [0.25, 0.3) is 88.3 Å². The van der Waals surface area contributed by atoms with Crippen molar-refractivity contribution >= 4 is 38.6 Å². The quantitative estimate of drug-likeness (QED) is 0.131. The van der Waals surface area contributed by atoms with Crippen molar-refractivity contribution in [1.82, 2.24) is 0 Å². The molecule has 0 aliphatic carbocycles. The lowest BCUT2D eigenvalue weighted by Gasteiger charge is -2.27. The van der Waals surface area contributed by atoms with Crippen molar-refractivity contribution in [3.8, 4) is 66.8 Å². The van der Waals surface area contributed by atoms with E-state index < -0.39 is 0 Å². The first-order valence-electron chi connectivity index (χ1n) is 21.7. The third-order valence-electron chi connectivity index (χ3n) is 12.2. The van der Waals surface area contributed by atoms with Crippen LogP contribution >= 0.6 is 0 Å². The van der Waals surface area contributed by atoms with E-state index in [0.29, 0.717) is 0 Å². The number of para-hydroxylation sites is 1. The second-order valence-electron chi connectivity index (χ2n) is 16.1. The largest absolute Gasteiger partial charge is 0.310 e. The molecule has 0 radical (unpaired) electrons. The van der Waals surface area contributed by atoms with Gasteiger partial charge in [-0.05, 0) is 143 Å². The highest BCUT2D eigenvalue weighted by atomic mass is 15.1. The van der Waals surface area contributed by atoms with Crippen LogP contribution in [-0.4, -0.2) is 0 Å². The first-order chi connectivity index (χ1) is 31.2. The third kappa shape index (κ3) is 7.37. The van der Waals surface area contributed by atoms with Crippen LogP contribution in [0, 0.1) is 0 Å². The van der Waals surface area contributed by atoms with Gasteiger partial charge < -0.3 is 4.90 Å². The fourth-order valence-electron chi connectivity index (χ4n) is 9.20. The lowest BCUT2D eigenvalue weighted by Crippen LogP contribution is -2.10. The van der Waals surface area contributed by atoms with E-state index in [1.807, 2.05) is 0 Å². The Morgan fingerprint density at radius 2 is 0.619 bits per heavy atom. The van der Waals surface area contributed by atoms with Gasteiger partial charge in [-0.2, -0.15) is 0 Å². The number of anilines is 3. The average Bonchev–Trinajstić information content (AvgIpc) is 3.37. The smallest absolute Gasteiger partial charge is 0.0467 e. The first kappa shape index (κ1) is 37.7. The number of benzene rings is 11.